The number of aliphatic hydroxyl groups is 1. The fraction of sp³-hybridized carbons (Fsp3) is 0.368. The van der Waals surface area contributed by atoms with Crippen molar-refractivity contribution < 1.29 is 27.4 Å². The largest absolute Gasteiger partial charge is 0.416 e. The standard InChI is InChI=1S/C19H18F4O2/c20-16-7-3-13(4-8-16)18-17(10-24)14(11-25-18)9-12-1-5-15(6-2-12)19(21,22)23/h1-8,14,17-18,24H,9-11H2/t14-,17-,18+/m0/s1. The van der Waals surface area contributed by atoms with Crippen LogP contribution in [0.4, 0.5) is 17.6 Å². The predicted octanol–water partition coefficient (Wildman–Crippen LogP) is 4.38. The number of hydrogen-bond donors (Lipinski definition) is 1. The van der Waals surface area contributed by atoms with Crippen molar-refractivity contribution in [3.05, 3.63) is 71.0 Å². The molecule has 1 fully saturated rings. The quantitative estimate of drug-likeness (QED) is 0.826. The van der Waals surface area contributed by atoms with Crippen molar-refractivity contribution in [2.75, 3.05) is 13.2 Å². The van der Waals surface area contributed by atoms with Crippen molar-refractivity contribution in [3.63, 3.8) is 0 Å². The summed E-state index contributed by atoms with van der Waals surface area (Å²) >= 11 is 0. The minimum absolute atomic E-state index is 0.0169. The fourth-order valence-electron chi connectivity index (χ4n) is 3.31. The third-order valence-electron chi connectivity index (χ3n) is 4.67. The summed E-state index contributed by atoms with van der Waals surface area (Å²) in [6.07, 6.45) is -4.18. The number of benzene rings is 2. The molecule has 1 saturated heterocycles. The molecule has 0 aromatic heterocycles. The van der Waals surface area contributed by atoms with Crippen molar-refractivity contribution >= 4 is 0 Å². The van der Waals surface area contributed by atoms with Crippen LogP contribution in [0.15, 0.2) is 48.5 Å². The molecule has 1 heterocycles. The summed E-state index contributed by atoms with van der Waals surface area (Å²) in [7, 11) is 0. The van der Waals surface area contributed by atoms with E-state index in [2.05, 4.69) is 0 Å². The molecule has 0 unspecified atom stereocenters. The van der Waals surface area contributed by atoms with Gasteiger partial charge in [0.2, 0.25) is 0 Å². The van der Waals surface area contributed by atoms with Gasteiger partial charge in [-0.2, -0.15) is 13.2 Å². The first-order valence-electron chi connectivity index (χ1n) is 8.02. The van der Waals surface area contributed by atoms with E-state index in [0.717, 1.165) is 23.3 Å². The molecular formula is C19H18F4O2. The lowest BCUT2D eigenvalue weighted by Gasteiger charge is -2.21. The number of aliphatic hydroxyl groups excluding tert-OH is 1. The maximum absolute atomic E-state index is 13.1. The van der Waals surface area contributed by atoms with Crippen LogP contribution in [0.25, 0.3) is 0 Å². The molecule has 2 nitrogen and oxygen atoms in total. The van der Waals surface area contributed by atoms with Crippen LogP contribution in [-0.2, 0) is 17.3 Å². The Hall–Kier alpha value is -1.92. The maximum Gasteiger partial charge on any atom is 0.416 e. The monoisotopic (exact) mass is 354 g/mol. The molecule has 1 aliphatic heterocycles. The Bertz CT molecular complexity index is 695. The Morgan fingerprint density at radius 3 is 2.20 bits per heavy atom. The zero-order valence-electron chi connectivity index (χ0n) is 13.3. The minimum Gasteiger partial charge on any atom is -0.396 e. The summed E-state index contributed by atoms with van der Waals surface area (Å²) in [5.41, 5.74) is 0.872. The van der Waals surface area contributed by atoms with Gasteiger partial charge in [-0.25, -0.2) is 4.39 Å². The molecule has 2 aromatic carbocycles. The molecule has 134 valence electrons. The highest BCUT2D eigenvalue weighted by molar-refractivity contribution is 5.26. The van der Waals surface area contributed by atoms with E-state index in [1.165, 1.54) is 24.3 Å². The van der Waals surface area contributed by atoms with Crippen LogP contribution in [-0.4, -0.2) is 18.3 Å². The highest BCUT2D eigenvalue weighted by Gasteiger charge is 2.37. The van der Waals surface area contributed by atoms with Crippen LogP contribution >= 0.6 is 0 Å². The number of rotatable bonds is 4. The van der Waals surface area contributed by atoms with E-state index in [-0.39, 0.29) is 30.4 Å². The predicted molar refractivity (Wildman–Crippen MR) is 84.3 cm³/mol. The number of ether oxygens (including phenoxy) is 1. The smallest absolute Gasteiger partial charge is 0.396 e. The van der Waals surface area contributed by atoms with Crippen LogP contribution in [0.1, 0.15) is 22.8 Å². The van der Waals surface area contributed by atoms with Crippen molar-refractivity contribution in [3.8, 4) is 0 Å². The van der Waals surface area contributed by atoms with Gasteiger partial charge in [-0.1, -0.05) is 24.3 Å². The Kier molecular flexibility index (Phi) is 5.11. The molecule has 0 aliphatic carbocycles. The van der Waals surface area contributed by atoms with Gasteiger partial charge in [0.1, 0.15) is 5.82 Å². The van der Waals surface area contributed by atoms with Crippen LogP contribution < -0.4 is 0 Å². The van der Waals surface area contributed by atoms with E-state index >= 15 is 0 Å². The third kappa shape index (κ3) is 4.02. The molecule has 0 spiro atoms. The molecule has 0 bridgehead atoms. The van der Waals surface area contributed by atoms with Gasteiger partial charge in [-0.15, -0.1) is 0 Å². The highest BCUT2D eigenvalue weighted by Crippen LogP contribution is 2.40. The average molecular weight is 354 g/mol. The number of hydrogen-bond acceptors (Lipinski definition) is 2. The zero-order chi connectivity index (χ0) is 18.0. The van der Waals surface area contributed by atoms with Crippen LogP contribution in [0, 0.1) is 17.7 Å². The van der Waals surface area contributed by atoms with Gasteiger partial charge in [0.05, 0.1) is 18.3 Å². The van der Waals surface area contributed by atoms with E-state index in [4.69, 9.17) is 4.74 Å². The first-order valence-corrected chi connectivity index (χ1v) is 8.02. The van der Waals surface area contributed by atoms with Crippen LogP contribution in [0.2, 0.25) is 0 Å². The van der Waals surface area contributed by atoms with Gasteiger partial charge in [0.25, 0.3) is 0 Å². The molecule has 3 atom stereocenters. The second-order valence-corrected chi connectivity index (χ2v) is 6.31. The summed E-state index contributed by atoms with van der Waals surface area (Å²) in [5.74, 6) is -0.548. The van der Waals surface area contributed by atoms with E-state index < -0.39 is 11.7 Å². The highest BCUT2D eigenvalue weighted by atomic mass is 19.4. The molecule has 3 rings (SSSR count). The summed E-state index contributed by atoms with van der Waals surface area (Å²) in [5, 5.41) is 9.75. The van der Waals surface area contributed by atoms with E-state index in [1.54, 1.807) is 12.1 Å². The molecule has 2 aromatic rings. The molecule has 0 saturated carbocycles. The Morgan fingerprint density at radius 2 is 1.64 bits per heavy atom. The fourth-order valence-corrected chi connectivity index (χ4v) is 3.31. The molecule has 1 N–H and O–H groups in total. The van der Waals surface area contributed by atoms with Crippen molar-refractivity contribution in [2.45, 2.75) is 18.7 Å². The lowest BCUT2D eigenvalue weighted by atomic mass is 9.84. The van der Waals surface area contributed by atoms with E-state index in [1.807, 2.05) is 0 Å². The molecule has 6 heteroatoms. The van der Waals surface area contributed by atoms with Gasteiger partial charge >= 0.3 is 6.18 Å². The number of halogens is 4. The molecule has 1 aliphatic rings. The second-order valence-electron chi connectivity index (χ2n) is 6.31. The number of alkyl halides is 3. The van der Waals surface area contributed by atoms with E-state index in [0.29, 0.717) is 13.0 Å². The first kappa shape index (κ1) is 17.9. The maximum atomic E-state index is 13.1. The Morgan fingerprint density at radius 1 is 1.00 bits per heavy atom. The van der Waals surface area contributed by atoms with Gasteiger partial charge < -0.3 is 9.84 Å². The lowest BCUT2D eigenvalue weighted by Crippen LogP contribution is -2.21. The minimum atomic E-state index is -4.35. The molecule has 0 amide bonds. The van der Waals surface area contributed by atoms with Crippen molar-refractivity contribution in [2.24, 2.45) is 11.8 Å². The normalized spacial score (nSPS) is 23.8. The molecule has 25 heavy (non-hydrogen) atoms. The SMILES string of the molecule is OC[C@H]1[C@@H](Cc2ccc(C(F)(F)F)cc2)CO[C@@H]1c1ccc(F)cc1. The van der Waals surface area contributed by atoms with Crippen molar-refractivity contribution in [1.29, 1.82) is 0 Å². The second kappa shape index (κ2) is 7.14. The van der Waals surface area contributed by atoms with Gasteiger partial charge in [0.15, 0.2) is 0 Å². The Labute approximate surface area is 143 Å². The van der Waals surface area contributed by atoms with Gasteiger partial charge in [0, 0.05) is 12.5 Å². The first-order chi connectivity index (χ1) is 11.9. The summed E-state index contributed by atoms with van der Waals surface area (Å²) in [4.78, 5) is 0. The van der Waals surface area contributed by atoms with Crippen molar-refractivity contribution in [1.82, 2.24) is 0 Å². The van der Waals surface area contributed by atoms with Gasteiger partial charge in [-0.05, 0) is 47.7 Å². The summed E-state index contributed by atoms with van der Waals surface area (Å²) in [6.45, 7) is 0.293. The van der Waals surface area contributed by atoms with Gasteiger partial charge in [-0.3, -0.25) is 0 Å². The third-order valence-corrected chi connectivity index (χ3v) is 4.67. The van der Waals surface area contributed by atoms with E-state index in [9.17, 15) is 22.7 Å². The molecular weight excluding hydrogens is 336 g/mol. The lowest BCUT2D eigenvalue weighted by molar-refractivity contribution is -0.137. The Balaban J connectivity index is 1.71. The van der Waals surface area contributed by atoms with Crippen LogP contribution in [0.5, 0.6) is 0 Å². The zero-order valence-corrected chi connectivity index (χ0v) is 13.3. The topological polar surface area (TPSA) is 29.5 Å². The summed E-state index contributed by atoms with van der Waals surface area (Å²) in [6, 6.07) is 11.0. The van der Waals surface area contributed by atoms with Crippen LogP contribution in [0.3, 0.4) is 0 Å². The average Bonchev–Trinajstić information content (AvgIpc) is 2.98. The summed E-state index contributed by atoms with van der Waals surface area (Å²) < 4.78 is 56.7. The molecule has 0 radical (unpaired) electrons.